The van der Waals surface area contributed by atoms with Crippen molar-refractivity contribution in [3.05, 3.63) is 78.6 Å². The number of carbonyl (C=O) groups is 1. The second kappa shape index (κ2) is 9.21. The number of amides is 2. The van der Waals surface area contributed by atoms with Crippen LogP contribution < -0.4 is 10.2 Å². The second-order valence-electron chi connectivity index (χ2n) is 8.11. The minimum atomic E-state index is -4.42. The number of fused-ring (bicyclic) bond motifs is 1. The number of para-hydroxylation sites is 1. The minimum absolute atomic E-state index is 0.313. The fraction of sp³-hybridized carbons (Fsp3) is 0.200. The number of alkyl halides is 3. The largest absolute Gasteiger partial charge is 0.416 e. The first kappa shape index (κ1) is 22.6. The van der Waals surface area contributed by atoms with Crippen LogP contribution in [-0.4, -0.2) is 52.1 Å². The Hall–Kier alpha value is -4.21. The van der Waals surface area contributed by atoms with Crippen LogP contribution in [0.25, 0.3) is 22.3 Å². The van der Waals surface area contributed by atoms with Crippen molar-refractivity contribution >= 4 is 28.4 Å². The summed E-state index contributed by atoms with van der Waals surface area (Å²) in [6.45, 7) is 1.97. The Morgan fingerprint density at radius 1 is 0.886 bits per heavy atom. The molecule has 0 saturated carbocycles. The molecule has 1 fully saturated rings. The van der Waals surface area contributed by atoms with Crippen molar-refractivity contribution in [3.63, 3.8) is 0 Å². The summed E-state index contributed by atoms with van der Waals surface area (Å²) < 4.78 is 38.3. The van der Waals surface area contributed by atoms with E-state index in [9.17, 15) is 18.0 Å². The van der Waals surface area contributed by atoms with Gasteiger partial charge in [-0.25, -0.2) is 14.8 Å². The first-order valence-corrected chi connectivity index (χ1v) is 11.0. The molecule has 178 valence electrons. The van der Waals surface area contributed by atoms with Crippen molar-refractivity contribution in [1.29, 1.82) is 0 Å². The molecule has 0 bridgehead atoms. The number of anilines is 2. The van der Waals surface area contributed by atoms with Gasteiger partial charge in [0.2, 0.25) is 0 Å². The monoisotopic (exact) mass is 478 g/mol. The number of benzene rings is 2. The Morgan fingerprint density at radius 2 is 1.63 bits per heavy atom. The van der Waals surface area contributed by atoms with Crippen LogP contribution in [0.3, 0.4) is 0 Å². The number of halogens is 3. The highest BCUT2D eigenvalue weighted by Gasteiger charge is 2.30. The molecule has 1 saturated heterocycles. The average molecular weight is 478 g/mol. The lowest BCUT2D eigenvalue weighted by atomic mass is 10.2. The molecule has 5 rings (SSSR count). The minimum Gasteiger partial charge on any atom is -0.352 e. The van der Waals surface area contributed by atoms with E-state index in [0.717, 1.165) is 34.4 Å². The smallest absolute Gasteiger partial charge is 0.352 e. The molecule has 1 aliphatic rings. The first-order chi connectivity index (χ1) is 16.9. The van der Waals surface area contributed by atoms with Gasteiger partial charge in [-0.1, -0.05) is 12.1 Å². The zero-order chi connectivity index (χ0) is 24.4. The van der Waals surface area contributed by atoms with Crippen LogP contribution in [-0.2, 0) is 6.18 Å². The maximum absolute atomic E-state index is 12.8. The molecule has 2 aromatic carbocycles. The van der Waals surface area contributed by atoms with Gasteiger partial charge >= 0.3 is 12.2 Å². The molecule has 0 aliphatic carbocycles. The fourth-order valence-corrected chi connectivity index (χ4v) is 3.99. The van der Waals surface area contributed by atoms with Gasteiger partial charge in [0.1, 0.15) is 5.82 Å². The topological polar surface area (TPSA) is 74.2 Å². The zero-order valence-electron chi connectivity index (χ0n) is 18.5. The molecule has 0 unspecified atom stereocenters. The highest BCUT2D eigenvalue weighted by atomic mass is 19.4. The Bertz CT molecular complexity index is 1340. The number of nitrogens with one attached hydrogen (secondary N) is 1. The molecule has 0 radical (unpaired) electrons. The standard InChI is InChI=1S/C25H21F3N6O/c26-25(27,28)18-7-9-19(10-8-18)30-24(35)34-14-12-33(13-15-34)23-20-5-1-2-6-21(20)31-22(32-23)17-4-3-11-29-16-17/h1-11,16H,12-15H2,(H,30,35). The molecule has 4 aromatic rings. The third-order valence-corrected chi connectivity index (χ3v) is 5.83. The number of hydrogen-bond donors (Lipinski definition) is 1. The highest BCUT2D eigenvalue weighted by molar-refractivity contribution is 5.92. The summed E-state index contributed by atoms with van der Waals surface area (Å²) in [5.74, 6) is 1.37. The summed E-state index contributed by atoms with van der Waals surface area (Å²) in [7, 11) is 0. The van der Waals surface area contributed by atoms with Gasteiger partial charge in [-0.05, 0) is 48.5 Å². The number of aromatic nitrogens is 3. The molecule has 2 aromatic heterocycles. The molecule has 3 heterocycles. The van der Waals surface area contributed by atoms with E-state index in [1.807, 2.05) is 36.4 Å². The van der Waals surface area contributed by atoms with Crippen molar-refractivity contribution in [2.24, 2.45) is 0 Å². The van der Waals surface area contributed by atoms with E-state index in [-0.39, 0.29) is 6.03 Å². The average Bonchev–Trinajstić information content (AvgIpc) is 2.88. The van der Waals surface area contributed by atoms with E-state index in [1.165, 1.54) is 12.1 Å². The number of rotatable bonds is 3. The van der Waals surface area contributed by atoms with Crippen LogP contribution in [0.5, 0.6) is 0 Å². The molecule has 0 spiro atoms. The van der Waals surface area contributed by atoms with Gasteiger partial charge in [-0.3, -0.25) is 4.98 Å². The lowest BCUT2D eigenvalue weighted by Gasteiger charge is -2.36. The van der Waals surface area contributed by atoms with E-state index < -0.39 is 11.7 Å². The van der Waals surface area contributed by atoms with Gasteiger partial charge in [0.25, 0.3) is 0 Å². The lowest BCUT2D eigenvalue weighted by molar-refractivity contribution is -0.137. The highest BCUT2D eigenvalue weighted by Crippen LogP contribution is 2.30. The van der Waals surface area contributed by atoms with Crippen LogP contribution in [0.2, 0.25) is 0 Å². The van der Waals surface area contributed by atoms with Gasteiger partial charge in [-0.2, -0.15) is 13.2 Å². The molecular weight excluding hydrogens is 457 g/mol. The summed E-state index contributed by atoms with van der Waals surface area (Å²) in [5, 5.41) is 3.59. The molecule has 7 nitrogen and oxygen atoms in total. The molecule has 35 heavy (non-hydrogen) atoms. The maximum Gasteiger partial charge on any atom is 0.416 e. The van der Waals surface area contributed by atoms with Crippen molar-refractivity contribution < 1.29 is 18.0 Å². The number of urea groups is 1. The van der Waals surface area contributed by atoms with Crippen LogP contribution >= 0.6 is 0 Å². The number of nitrogens with zero attached hydrogens (tertiary/aromatic N) is 5. The second-order valence-corrected chi connectivity index (χ2v) is 8.11. The summed E-state index contributed by atoms with van der Waals surface area (Å²) in [6, 6.07) is 15.6. The van der Waals surface area contributed by atoms with E-state index >= 15 is 0 Å². The maximum atomic E-state index is 12.8. The van der Waals surface area contributed by atoms with Gasteiger partial charge in [0.05, 0.1) is 11.1 Å². The SMILES string of the molecule is O=C(Nc1ccc(C(F)(F)F)cc1)N1CCN(c2nc(-c3cccnc3)nc3ccccc23)CC1. The summed E-state index contributed by atoms with van der Waals surface area (Å²) in [6.07, 6.45) is -1.00. The van der Waals surface area contributed by atoms with Crippen molar-refractivity contribution in [2.75, 3.05) is 36.4 Å². The number of hydrogen-bond acceptors (Lipinski definition) is 5. The Kier molecular flexibility index (Phi) is 5.94. The molecule has 2 amide bonds. The molecule has 1 aliphatic heterocycles. The summed E-state index contributed by atoms with van der Waals surface area (Å²) >= 11 is 0. The zero-order valence-corrected chi connectivity index (χ0v) is 18.5. The Balaban J connectivity index is 1.30. The molecule has 10 heteroatoms. The van der Waals surface area contributed by atoms with Crippen molar-refractivity contribution in [1.82, 2.24) is 19.9 Å². The normalized spacial score (nSPS) is 14.3. The number of pyridine rings is 1. The van der Waals surface area contributed by atoms with Crippen LogP contribution in [0, 0.1) is 0 Å². The van der Waals surface area contributed by atoms with E-state index in [0.29, 0.717) is 37.7 Å². The quantitative estimate of drug-likeness (QED) is 0.445. The predicted molar refractivity (Wildman–Crippen MR) is 127 cm³/mol. The summed E-state index contributed by atoms with van der Waals surface area (Å²) in [5.41, 5.74) is 1.19. The number of piperazine rings is 1. The van der Waals surface area contributed by atoms with Gasteiger partial charge in [0.15, 0.2) is 5.82 Å². The predicted octanol–water partition coefficient (Wildman–Crippen LogP) is 5.06. The Morgan fingerprint density at radius 3 is 2.31 bits per heavy atom. The van der Waals surface area contributed by atoms with Gasteiger partial charge in [-0.15, -0.1) is 0 Å². The van der Waals surface area contributed by atoms with Crippen LogP contribution in [0.1, 0.15) is 5.56 Å². The van der Waals surface area contributed by atoms with Crippen molar-refractivity contribution in [3.8, 4) is 11.4 Å². The molecule has 1 N–H and O–H groups in total. The Labute approximate surface area is 199 Å². The van der Waals surface area contributed by atoms with Gasteiger partial charge in [0, 0.05) is 55.2 Å². The van der Waals surface area contributed by atoms with Crippen LogP contribution in [0.15, 0.2) is 73.1 Å². The van der Waals surface area contributed by atoms with Crippen molar-refractivity contribution in [2.45, 2.75) is 6.18 Å². The third kappa shape index (κ3) is 4.86. The van der Waals surface area contributed by atoms with E-state index in [2.05, 4.69) is 20.2 Å². The fourth-order valence-electron chi connectivity index (χ4n) is 3.99. The van der Waals surface area contributed by atoms with E-state index in [1.54, 1.807) is 17.3 Å². The van der Waals surface area contributed by atoms with Crippen LogP contribution in [0.4, 0.5) is 29.5 Å². The third-order valence-electron chi connectivity index (χ3n) is 5.83. The van der Waals surface area contributed by atoms with E-state index in [4.69, 9.17) is 4.98 Å². The molecular formula is C25H21F3N6O. The number of carbonyl (C=O) groups excluding carboxylic acids is 1. The summed E-state index contributed by atoms with van der Waals surface area (Å²) in [4.78, 5) is 30.1. The lowest BCUT2D eigenvalue weighted by Crippen LogP contribution is -2.50. The molecule has 0 atom stereocenters. The van der Waals surface area contributed by atoms with Gasteiger partial charge < -0.3 is 15.1 Å². The first-order valence-electron chi connectivity index (χ1n) is 11.0.